The van der Waals surface area contributed by atoms with Crippen LogP contribution in [0.3, 0.4) is 0 Å². The number of rotatable bonds is 9. The Morgan fingerprint density at radius 1 is 0.800 bits per heavy atom. The third kappa shape index (κ3) is 7.42. The lowest BCUT2D eigenvalue weighted by Gasteiger charge is -2.39. The summed E-state index contributed by atoms with van der Waals surface area (Å²) in [6, 6.07) is 33.1. The first-order valence-electron chi connectivity index (χ1n) is 16.3. The van der Waals surface area contributed by atoms with Gasteiger partial charge in [0.15, 0.2) is 8.32 Å². The van der Waals surface area contributed by atoms with Crippen LogP contribution in [0.2, 0.25) is 18.1 Å². The third-order valence-electron chi connectivity index (χ3n) is 9.51. The quantitative estimate of drug-likeness (QED) is 0.190. The van der Waals surface area contributed by atoms with E-state index >= 15 is 0 Å². The number of amides is 1. The average molecular weight is 620 g/mol. The Bertz CT molecular complexity index is 1590. The van der Waals surface area contributed by atoms with Crippen molar-refractivity contribution in [3.63, 3.8) is 0 Å². The minimum absolute atomic E-state index is 0.00147. The largest absolute Gasteiger partial charge is 0.457 e. The van der Waals surface area contributed by atoms with Gasteiger partial charge in [-0.3, -0.25) is 4.79 Å². The predicted octanol–water partition coefficient (Wildman–Crippen LogP) is 10.9. The molecule has 0 saturated heterocycles. The molecule has 1 aliphatic heterocycles. The van der Waals surface area contributed by atoms with Crippen LogP contribution >= 0.6 is 0 Å². The number of hydrogen-bond donors (Lipinski definition) is 1. The summed E-state index contributed by atoms with van der Waals surface area (Å²) in [5, 5.41) is 3.52. The zero-order valence-electron chi connectivity index (χ0n) is 28.2. The Kier molecular flexibility index (Phi) is 9.43. The Hall–Kier alpha value is -3.67. The van der Waals surface area contributed by atoms with Gasteiger partial charge in [-0.15, -0.1) is 0 Å². The van der Waals surface area contributed by atoms with Crippen molar-refractivity contribution in [3.8, 4) is 11.5 Å². The van der Waals surface area contributed by atoms with Crippen molar-refractivity contribution in [1.82, 2.24) is 0 Å². The summed E-state index contributed by atoms with van der Waals surface area (Å²) < 4.78 is 13.2. The zero-order valence-corrected chi connectivity index (χ0v) is 29.2. The number of para-hydroxylation sites is 3. The molecule has 5 rings (SSSR count). The average Bonchev–Trinajstić information content (AvgIpc) is 2.99. The lowest BCUT2D eigenvalue weighted by molar-refractivity contribution is -0.116. The molecule has 1 amide bonds. The predicted molar refractivity (Wildman–Crippen MR) is 189 cm³/mol. The molecule has 0 radical (unpaired) electrons. The standard InChI is InChI=1S/C40H49NO3Si/c1-39(2,3)33-22-16-19-29(25-26-34(28-17-10-9-11-18-28)44-45(7,8)40(4,5)6)38(33)41-37(42)27-32-30-20-12-14-23-35(30)43-36-24-15-13-21-31(32)36/h9-24,32,34H,25-27H2,1-8H3,(H,41,42). The van der Waals surface area contributed by atoms with E-state index in [4.69, 9.17) is 9.16 Å². The maximum absolute atomic E-state index is 14.0. The maximum Gasteiger partial charge on any atom is 0.225 e. The molecule has 0 bridgehead atoms. The lowest BCUT2D eigenvalue weighted by atomic mass is 9.83. The highest BCUT2D eigenvalue weighted by Gasteiger charge is 2.39. The first-order chi connectivity index (χ1) is 21.2. The molecule has 0 spiro atoms. The molecule has 0 aliphatic carbocycles. The van der Waals surface area contributed by atoms with E-state index in [2.05, 4.69) is 121 Å². The topological polar surface area (TPSA) is 47.6 Å². The van der Waals surface area contributed by atoms with Gasteiger partial charge in [0.2, 0.25) is 5.91 Å². The van der Waals surface area contributed by atoms with Crippen molar-refractivity contribution in [2.75, 3.05) is 5.32 Å². The first-order valence-corrected chi connectivity index (χ1v) is 19.2. The van der Waals surface area contributed by atoms with Crippen molar-refractivity contribution in [1.29, 1.82) is 0 Å². The first kappa shape index (κ1) is 32.7. The van der Waals surface area contributed by atoms with Crippen LogP contribution in [0.5, 0.6) is 11.5 Å². The highest BCUT2D eigenvalue weighted by atomic mass is 28.4. The Labute approximate surface area is 271 Å². The molecule has 4 nitrogen and oxygen atoms in total. The van der Waals surface area contributed by atoms with Gasteiger partial charge >= 0.3 is 0 Å². The van der Waals surface area contributed by atoms with Gasteiger partial charge in [0.1, 0.15) is 11.5 Å². The fourth-order valence-electron chi connectivity index (χ4n) is 5.97. The minimum Gasteiger partial charge on any atom is -0.457 e. The highest BCUT2D eigenvalue weighted by molar-refractivity contribution is 6.74. The number of ether oxygens (including phenoxy) is 1. The van der Waals surface area contributed by atoms with E-state index in [1.165, 1.54) is 5.56 Å². The lowest BCUT2D eigenvalue weighted by Crippen LogP contribution is -2.42. The molecular weight excluding hydrogens is 571 g/mol. The van der Waals surface area contributed by atoms with Crippen LogP contribution in [-0.2, 0) is 21.1 Å². The maximum atomic E-state index is 14.0. The second-order valence-corrected chi connectivity index (χ2v) is 19.6. The van der Waals surface area contributed by atoms with E-state index in [0.717, 1.165) is 52.3 Å². The summed E-state index contributed by atoms with van der Waals surface area (Å²) in [5.74, 6) is 1.55. The number of hydrogen-bond acceptors (Lipinski definition) is 3. The van der Waals surface area contributed by atoms with Gasteiger partial charge in [-0.05, 0) is 65.2 Å². The monoisotopic (exact) mass is 619 g/mol. The van der Waals surface area contributed by atoms with Gasteiger partial charge < -0.3 is 14.5 Å². The summed E-state index contributed by atoms with van der Waals surface area (Å²) in [5.41, 5.74) is 6.37. The van der Waals surface area contributed by atoms with Crippen molar-refractivity contribution >= 4 is 19.9 Å². The normalized spacial score (nSPS) is 14.2. The molecule has 4 aromatic carbocycles. The fourth-order valence-corrected chi connectivity index (χ4v) is 7.28. The third-order valence-corrected chi connectivity index (χ3v) is 14.0. The summed E-state index contributed by atoms with van der Waals surface area (Å²) in [6.45, 7) is 18.1. The molecule has 4 aromatic rings. The van der Waals surface area contributed by atoms with E-state index in [9.17, 15) is 4.79 Å². The molecule has 1 N–H and O–H groups in total. The molecule has 5 heteroatoms. The fraction of sp³-hybridized carbons (Fsp3) is 0.375. The van der Waals surface area contributed by atoms with Crippen LogP contribution in [-0.4, -0.2) is 14.2 Å². The van der Waals surface area contributed by atoms with Crippen molar-refractivity contribution in [3.05, 3.63) is 125 Å². The van der Waals surface area contributed by atoms with Crippen LogP contribution in [0.15, 0.2) is 97.1 Å². The van der Waals surface area contributed by atoms with Crippen molar-refractivity contribution in [2.24, 2.45) is 0 Å². The number of benzene rings is 4. The molecule has 236 valence electrons. The van der Waals surface area contributed by atoms with E-state index in [0.29, 0.717) is 6.42 Å². The molecule has 0 saturated carbocycles. The number of carbonyl (C=O) groups excluding carboxylic acids is 1. The van der Waals surface area contributed by atoms with E-state index in [1.807, 2.05) is 36.4 Å². The Morgan fingerprint density at radius 2 is 1.38 bits per heavy atom. The minimum atomic E-state index is -2.03. The summed E-state index contributed by atoms with van der Waals surface area (Å²) in [6.07, 6.45) is 1.92. The van der Waals surface area contributed by atoms with Crippen LogP contribution in [0.4, 0.5) is 5.69 Å². The van der Waals surface area contributed by atoms with Gasteiger partial charge in [-0.1, -0.05) is 126 Å². The van der Waals surface area contributed by atoms with Crippen LogP contribution in [0.1, 0.15) is 94.2 Å². The van der Waals surface area contributed by atoms with Gasteiger partial charge in [0.05, 0.1) is 6.10 Å². The molecule has 1 unspecified atom stereocenters. The number of aryl methyl sites for hydroxylation is 1. The summed E-state index contributed by atoms with van der Waals surface area (Å²) in [4.78, 5) is 14.0. The van der Waals surface area contributed by atoms with Gasteiger partial charge in [0.25, 0.3) is 0 Å². The van der Waals surface area contributed by atoms with Crippen LogP contribution in [0.25, 0.3) is 0 Å². The summed E-state index contributed by atoms with van der Waals surface area (Å²) >= 11 is 0. The number of carbonyl (C=O) groups is 1. The van der Waals surface area contributed by atoms with Crippen LogP contribution in [0, 0.1) is 0 Å². The van der Waals surface area contributed by atoms with E-state index < -0.39 is 8.32 Å². The van der Waals surface area contributed by atoms with Gasteiger partial charge in [-0.2, -0.15) is 0 Å². The van der Waals surface area contributed by atoms with Crippen molar-refractivity contribution < 1.29 is 14.0 Å². The highest BCUT2D eigenvalue weighted by Crippen LogP contribution is 2.46. The number of anilines is 1. The molecule has 1 atom stereocenters. The molecule has 0 fully saturated rings. The molecule has 45 heavy (non-hydrogen) atoms. The smallest absolute Gasteiger partial charge is 0.225 e. The number of nitrogens with one attached hydrogen (secondary N) is 1. The molecule has 1 heterocycles. The second-order valence-electron chi connectivity index (χ2n) is 14.9. The zero-order chi connectivity index (χ0) is 32.4. The molecule has 1 aliphatic rings. The van der Waals surface area contributed by atoms with Crippen LogP contribution < -0.4 is 10.1 Å². The van der Waals surface area contributed by atoms with Crippen molar-refractivity contribution in [2.45, 2.75) is 96.4 Å². The molecular formula is C40H49NO3Si. The summed E-state index contributed by atoms with van der Waals surface area (Å²) in [7, 11) is -2.03. The van der Waals surface area contributed by atoms with Gasteiger partial charge in [-0.25, -0.2) is 0 Å². The second kappa shape index (κ2) is 13.0. The Morgan fingerprint density at radius 3 is 1.96 bits per heavy atom. The van der Waals surface area contributed by atoms with Gasteiger partial charge in [0, 0.05) is 29.2 Å². The van der Waals surface area contributed by atoms with E-state index in [-0.39, 0.29) is 28.4 Å². The number of fused-ring (bicyclic) bond motifs is 2. The SMILES string of the molecule is CC(C)(C)c1cccc(CCC(O[Si](C)(C)C(C)(C)C)c2ccccc2)c1NC(=O)CC1c2ccccc2Oc2ccccc21. The van der Waals surface area contributed by atoms with E-state index in [1.54, 1.807) is 0 Å². The Balaban J connectivity index is 1.44. The molecule has 0 aromatic heterocycles.